The molecule has 0 bridgehead atoms. The number of hydrogen-bond donors (Lipinski definition) is 5. The first-order valence-electron chi connectivity index (χ1n) is 5.67. The van der Waals surface area contributed by atoms with E-state index in [1.165, 1.54) is 0 Å². The topological polar surface area (TPSA) is 145 Å². The Morgan fingerprint density at radius 3 is 2.26 bits per heavy atom. The van der Waals surface area contributed by atoms with E-state index in [9.17, 15) is 19.2 Å². The van der Waals surface area contributed by atoms with Crippen LogP contribution in [0.2, 0.25) is 0 Å². The van der Waals surface area contributed by atoms with E-state index in [0.717, 1.165) is 12.8 Å². The van der Waals surface area contributed by atoms with Gasteiger partial charge in [0.2, 0.25) is 5.91 Å². The maximum atomic E-state index is 11.3. The van der Waals surface area contributed by atoms with Crippen molar-refractivity contribution in [2.45, 2.75) is 31.3 Å². The Morgan fingerprint density at radius 2 is 1.79 bits per heavy atom. The normalized spacial score (nSPS) is 15.2. The second-order valence-corrected chi connectivity index (χ2v) is 4.16. The Bertz CT molecular complexity index is 393. The zero-order valence-electron chi connectivity index (χ0n) is 10.0. The zero-order chi connectivity index (χ0) is 14.4. The second kappa shape index (κ2) is 6.57. The molecule has 19 heavy (non-hydrogen) atoms. The Hall–Kier alpha value is -2.32. The number of carbonyl (C=O) groups excluding carboxylic acids is 2. The van der Waals surface area contributed by atoms with Crippen molar-refractivity contribution >= 4 is 23.9 Å². The van der Waals surface area contributed by atoms with E-state index >= 15 is 0 Å². The first kappa shape index (κ1) is 14.7. The summed E-state index contributed by atoms with van der Waals surface area (Å²) in [4.78, 5) is 43.6. The van der Waals surface area contributed by atoms with Gasteiger partial charge < -0.3 is 26.2 Å². The molecular formula is C10H15N3O6. The molecule has 1 aliphatic rings. The molecule has 0 radical (unpaired) electrons. The molecule has 0 aromatic rings. The van der Waals surface area contributed by atoms with E-state index in [2.05, 4.69) is 10.6 Å². The van der Waals surface area contributed by atoms with Gasteiger partial charge in [-0.05, 0) is 12.8 Å². The lowest BCUT2D eigenvalue weighted by Crippen LogP contribution is -2.49. The molecule has 0 aromatic heterocycles. The first-order chi connectivity index (χ1) is 8.88. The van der Waals surface area contributed by atoms with Crippen LogP contribution in [0.4, 0.5) is 4.79 Å². The van der Waals surface area contributed by atoms with Gasteiger partial charge in [0.25, 0.3) is 0 Å². The Morgan fingerprint density at radius 1 is 1.16 bits per heavy atom. The molecule has 1 fully saturated rings. The van der Waals surface area contributed by atoms with Crippen molar-refractivity contribution in [3.8, 4) is 0 Å². The van der Waals surface area contributed by atoms with Gasteiger partial charge in [-0.15, -0.1) is 0 Å². The van der Waals surface area contributed by atoms with Crippen molar-refractivity contribution in [3.05, 3.63) is 0 Å². The van der Waals surface area contributed by atoms with Gasteiger partial charge >= 0.3 is 18.0 Å². The summed E-state index contributed by atoms with van der Waals surface area (Å²) in [6, 6.07) is -2.28. The lowest BCUT2D eigenvalue weighted by molar-refractivity contribution is -0.145. The Labute approximate surface area is 108 Å². The van der Waals surface area contributed by atoms with E-state index in [1.54, 1.807) is 0 Å². The molecule has 0 spiro atoms. The summed E-state index contributed by atoms with van der Waals surface area (Å²) >= 11 is 0. The summed E-state index contributed by atoms with van der Waals surface area (Å²) < 4.78 is 0. The molecule has 9 nitrogen and oxygen atoms in total. The summed E-state index contributed by atoms with van der Waals surface area (Å²) in [5.41, 5.74) is 0. The molecule has 0 aliphatic heterocycles. The molecule has 1 rings (SSSR count). The smallest absolute Gasteiger partial charge is 0.326 e. The molecule has 1 saturated carbocycles. The Balaban J connectivity index is 2.28. The van der Waals surface area contributed by atoms with Gasteiger partial charge in [0.15, 0.2) is 0 Å². The van der Waals surface area contributed by atoms with Gasteiger partial charge in [-0.1, -0.05) is 0 Å². The monoisotopic (exact) mass is 273 g/mol. The van der Waals surface area contributed by atoms with Gasteiger partial charge in [0, 0.05) is 6.04 Å². The molecule has 0 aromatic carbocycles. The van der Waals surface area contributed by atoms with E-state index in [4.69, 9.17) is 10.2 Å². The number of amides is 3. The summed E-state index contributed by atoms with van der Waals surface area (Å²) in [6.07, 6.45) is 1.09. The molecule has 106 valence electrons. The molecule has 9 heteroatoms. The van der Waals surface area contributed by atoms with Crippen LogP contribution in [0.1, 0.15) is 19.3 Å². The highest BCUT2D eigenvalue weighted by molar-refractivity contribution is 5.88. The number of nitrogens with one attached hydrogen (secondary N) is 3. The van der Waals surface area contributed by atoms with Gasteiger partial charge in [-0.2, -0.15) is 0 Å². The van der Waals surface area contributed by atoms with Crippen LogP contribution in [0.5, 0.6) is 0 Å². The summed E-state index contributed by atoms with van der Waals surface area (Å²) in [6.45, 7) is -0.290. The Kier molecular flexibility index (Phi) is 5.10. The standard InChI is InChI=1S/C10H15N3O6/c14-7(12-5-1-2-5)4-11-10(19)13-6(9(17)18)3-8(15)16/h5-6H,1-4H2,(H,12,14)(H,15,16)(H,17,18)(H2,11,13,19). The van der Waals surface area contributed by atoms with Gasteiger partial charge in [-0.25, -0.2) is 9.59 Å². The molecule has 3 amide bonds. The third kappa shape index (κ3) is 6.24. The minimum Gasteiger partial charge on any atom is -0.481 e. The number of carboxylic acid groups (broad SMARTS) is 2. The average Bonchev–Trinajstić information content (AvgIpc) is 3.08. The van der Waals surface area contributed by atoms with E-state index in [1.807, 2.05) is 5.32 Å². The third-order valence-electron chi connectivity index (χ3n) is 2.33. The average molecular weight is 273 g/mol. The van der Waals surface area contributed by atoms with E-state index in [-0.39, 0.29) is 18.5 Å². The first-order valence-corrected chi connectivity index (χ1v) is 5.67. The number of carbonyl (C=O) groups is 4. The van der Waals surface area contributed by atoms with Crippen LogP contribution in [0.3, 0.4) is 0 Å². The molecule has 0 saturated heterocycles. The van der Waals surface area contributed by atoms with Crippen LogP contribution in [-0.4, -0.2) is 52.7 Å². The van der Waals surface area contributed by atoms with Crippen LogP contribution in [0, 0.1) is 0 Å². The van der Waals surface area contributed by atoms with Crippen LogP contribution in [0.25, 0.3) is 0 Å². The minimum absolute atomic E-state index is 0.163. The van der Waals surface area contributed by atoms with Crippen molar-refractivity contribution in [1.29, 1.82) is 0 Å². The predicted molar refractivity (Wildman–Crippen MR) is 61.4 cm³/mol. The number of rotatable bonds is 7. The highest BCUT2D eigenvalue weighted by Gasteiger charge is 2.25. The van der Waals surface area contributed by atoms with Crippen molar-refractivity contribution in [1.82, 2.24) is 16.0 Å². The lowest BCUT2D eigenvalue weighted by Gasteiger charge is -2.13. The zero-order valence-corrected chi connectivity index (χ0v) is 10.0. The highest BCUT2D eigenvalue weighted by Crippen LogP contribution is 2.18. The molecule has 1 aliphatic carbocycles. The van der Waals surface area contributed by atoms with Crippen molar-refractivity contribution < 1.29 is 29.4 Å². The van der Waals surface area contributed by atoms with Crippen molar-refractivity contribution in [3.63, 3.8) is 0 Å². The fraction of sp³-hybridized carbons (Fsp3) is 0.600. The number of carboxylic acids is 2. The molecule has 1 atom stereocenters. The fourth-order valence-electron chi connectivity index (χ4n) is 1.25. The number of urea groups is 1. The van der Waals surface area contributed by atoms with Crippen LogP contribution >= 0.6 is 0 Å². The SMILES string of the molecule is O=C(O)CC(NC(=O)NCC(=O)NC1CC1)C(=O)O. The number of hydrogen-bond acceptors (Lipinski definition) is 4. The van der Waals surface area contributed by atoms with Crippen LogP contribution < -0.4 is 16.0 Å². The maximum absolute atomic E-state index is 11.3. The lowest BCUT2D eigenvalue weighted by atomic mass is 10.2. The van der Waals surface area contributed by atoms with E-state index < -0.39 is 30.4 Å². The highest BCUT2D eigenvalue weighted by atomic mass is 16.4. The second-order valence-electron chi connectivity index (χ2n) is 4.16. The van der Waals surface area contributed by atoms with Crippen molar-refractivity contribution in [2.75, 3.05) is 6.54 Å². The van der Waals surface area contributed by atoms with Crippen LogP contribution in [-0.2, 0) is 14.4 Å². The fourth-order valence-corrected chi connectivity index (χ4v) is 1.25. The predicted octanol–water partition coefficient (Wildman–Crippen LogP) is -1.51. The maximum Gasteiger partial charge on any atom is 0.326 e. The van der Waals surface area contributed by atoms with Gasteiger partial charge in [0.05, 0.1) is 13.0 Å². The largest absolute Gasteiger partial charge is 0.481 e. The summed E-state index contributed by atoms with van der Waals surface area (Å²) in [5.74, 6) is -3.18. The molecular weight excluding hydrogens is 258 g/mol. The van der Waals surface area contributed by atoms with Gasteiger partial charge in [0.1, 0.15) is 6.04 Å². The molecule has 0 heterocycles. The van der Waals surface area contributed by atoms with Crippen molar-refractivity contribution in [2.24, 2.45) is 0 Å². The van der Waals surface area contributed by atoms with Crippen LogP contribution in [0.15, 0.2) is 0 Å². The third-order valence-corrected chi connectivity index (χ3v) is 2.33. The summed E-state index contributed by atoms with van der Waals surface area (Å²) in [7, 11) is 0. The van der Waals surface area contributed by atoms with E-state index in [0.29, 0.717) is 0 Å². The minimum atomic E-state index is -1.54. The number of aliphatic carboxylic acids is 2. The quantitative estimate of drug-likeness (QED) is 0.381. The van der Waals surface area contributed by atoms with Gasteiger partial charge in [-0.3, -0.25) is 9.59 Å². The molecule has 5 N–H and O–H groups in total. The summed E-state index contributed by atoms with van der Waals surface area (Å²) in [5, 5.41) is 23.9. The molecule has 1 unspecified atom stereocenters.